The van der Waals surface area contributed by atoms with Gasteiger partial charge in [0, 0.05) is 11.8 Å². The zero-order chi connectivity index (χ0) is 16.3. The monoisotopic (exact) mass is 316 g/mol. The summed E-state index contributed by atoms with van der Waals surface area (Å²) in [5.74, 6) is 0.796. The van der Waals surface area contributed by atoms with E-state index in [2.05, 4.69) is 9.97 Å². The summed E-state index contributed by atoms with van der Waals surface area (Å²) in [6.07, 6.45) is 1.58. The van der Waals surface area contributed by atoms with Gasteiger partial charge in [0.05, 0.1) is 18.9 Å². The van der Waals surface area contributed by atoms with Crippen LogP contribution in [0.5, 0.6) is 5.75 Å². The number of rotatable bonds is 5. The molecule has 1 aliphatic heterocycles. The van der Waals surface area contributed by atoms with Gasteiger partial charge in [-0.15, -0.1) is 0 Å². The highest BCUT2D eigenvalue weighted by atomic mass is 16.7. The molecule has 1 aromatic heterocycles. The van der Waals surface area contributed by atoms with Gasteiger partial charge >= 0.3 is 0 Å². The molecule has 0 spiro atoms. The van der Waals surface area contributed by atoms with Crippen LogP contribution in [0.3, 0.4) is 0 Å². The first-order valence-corrected chi connectivity index (χ1v) is 7.53. The molecule has 0 saturated carbocycles. The van der Waals surface area contributed by atoms with Gasteiger partial charge in [0.15, 0.2) is 11.6 Å². The molecular formula is C17H20N2O4. The van der Waals surface area contributed by atoms with E-state index in [-0.39, 0.29) is 12.7 Å². The molecule has 0 bridgehead atoms. The van der Waals surface area contributed by atoms with Gasteiger partial charge in [-0.25, -0.2) is 9.97 Å². The molecule has 1 aromatic carbocycles. The molecule has 122 valence electrons. The highest BCUT2D eigenvalue weighted by Crippen LogP contribution is 2.24. The van der Waals surface area contributed by atoms with E-state index < -0.39 is 5.79 Å². The zero-order valence-corrected chi connectivity index (χ0v) is 13.2. The fourth-order valence-electron chi connectivity index (χ4n) is 2.36. The molecule has 6 nitrogen and oxygen atoms in total. The molecule has 1 N–H and O–H groups in total. The second kappa shape index (κ2) is 6.62. The van der Waals surface area contributed by atoms with E-state index in [9.17, 15) is 0 Å². The van der Waals surface area contributed by atoms with Crippen molar-refractivity contribution in [2.45, 2.75) is 32.3 Å². The highest BCUT2D eigenvalue weighted by Gasteiger charge is 2.32. The number of aliphatic hydroxyl groups excluding tert-OH is 1. The Morgan fingerprint density at radius 2 is 2.04 bits per heavy atom. The Hall–Kier alpha value is -2.02. The number of hydrogen-bond donors (Lipinski definition) is 1. The predicted molar refractivity (Wildman–Crippen MR) is 83.8 cm³/mol. The molecule has 3 rings (SSSR count). The number of aliphatic hydroxyl groups is 1. The maximum atomic E-state index is 9.13. The quantitative estimate of drug-likeness (QED) is 0.911. The average molecular weight is 316 g/mol. The van der Waals surface area contributed by atoms with Crippen molar-refractivity contribution in [3.63, 3.8) is 0 Å². The Kier molecular flexibility index (Phi) is 4.56. The zero-order valence-electron chi connectivity index (χ0n) is 13.2. The van der Waals surface area contributed by atoms with E-state index in [4.69, 9.17) is 19.3 Å². The molecule has 1 unspecified atom stereocenters. The van der Waals surface area contributed by atoms with Crippen LogP contribution in [0.1, 0.15) is 19.5 Å². The van der Waals surface area contributed by atoms with Gasteiger partial charge in [0.1, 0.15) is 18.5 Å². The van der Waals surface area contributed by atoms with E-state index >= 15 is 0 Å². The van der Waals surface area contributed by atoms with Crippen molar-refractivity contribution >= 4 is 0 Å². The first-order chi connectivity index (χ1) is 11.1. The molecule has 6 heteroatoms. The van der Waals surface area contributed by atoms with Crippen LogP contribution in [-0.2, 0) is 16.1 Å². The lowest BCUT2D eigenvalue weighted by atomic mass is 10.2. The van der Waals surface area contributed by atoms with E-state index in [1.54, 1.807) is 12.3 Å². The van der Waals surface area contributed by atoms with Gasteiger partial charge < -0.3 is 19.3 Å². The van der Waals surface area contributed by atoms with E-state index in [0.29, 0.717) is 24.7 Å². The van der Waals surface area contributed by atoms with Crippen molar-refractivity contribution in [3.8, 4) is 17.1 Å². The van der Waals surface area contributed by atoms with Gasteiger partial charge in [-0.05, 0) is 44.2 Å². The fraction of sp³-hybridized carbons (Fsp3) is 0.412. The van der Waals surface area contributed by atoms with Crippen molar-refractivity contribution in [2.75, 3.05) is 13.2 Å². The normalized spacial score (nSPS) is 19.7. The minimum Gasteiger partial charge on any atom is -0.491 e. The minimum atomic E-state index is -0.535. The summed E-state index contributed by atoms with van der Waals surface area (Å²) in [5.41, 5.74) is 1.46. The first kappa shape index (κ1) is 15.9. The standard InChI is InChI=1S/C17H20N2O4/c1-17(2)22-11-15(23-17)10-21-14-5-3-12(4-6-14)16-18-8-7-13(9-20)19-16/h3-8,15,20H,9-11H2,1-2H3. The Morgan fingerprint density at radius 3 is 2.70 bits per heavy atom. The second-order valence-corrected chi connectivity index (χ2v) is 5.82. The molecule has 23 heavy (non-hydrogen) atoms. The first-order valence-electron chi connectivity index (χ1n) is 7.53. The lowest BCUT2D eigenvalue weighted by Crippen LogP contribution is -2.25. The van der Waals surface area contributed by atoms with Gasteiger partial charge in [0.25, 0.3) is 0 Å². The van der Waals surface area contributed by atoms with Crippen LogP contribution in [-0.4, -0.2) is 40.2 Å². The summed E-state index contributed by atoms with van der Waals surface area (Å²) in [6.45, 7) is 4.66. The maximum Gasteiger partial charge on any atom is 0.163 e. The molecule has 1 aliphatic rings. The summed E-state index contributed by atoms with van der Waals surface area (Å²) in [6, 6.07) is 9.20. The summed E-state index contributed by atoms with van der Waals surface area (Å²) >= 11 is 0. The summed E-state index contributed by atoms with van der Waals surface area (Å²) < 4.78 is 16.9. The van der Waals surface area contributed by atoms with E-state index in [0.717, 1.165) is 11.3 Å². The van der Waals surface area contributed by atoms with Gasteiger partial charge in [-0.2, -0.15) is 0 Å². The third-order valence-corrected chi connectivity index (χ3v) is 3.49. The summed E-state index contributed by atoms with van der Waals surface area (Å²) in [5, 5.41) is 9.13. The Bertz CT molecular complexity index is 658. The van der Waals surface area contributed by atoms with Crippen LogP contribution >= 0.6 is 0 Å². The minimum absolute atomic E-state index is 0.0609. The summed E-state index contributed by atoms with van der Waals surface area (Å²) in [7, 11) is 0. The molecule has 1 saturated heterocycles. The molecule has 1 atom stereocenters. The third kappa shape index (κ3) is 4.04. The predicted octanol–water partition coefficient (Wildman–Crippen LogP) is 2.17. The van der Waals surface area contributed by atoms with Crippen molar-refractivity contribution < 1.29 is 19.3 Å². The lowest BCUT2D eigenvalue weighted by molar-refractivity contribution is -0.141. The average Bonchev–Trinajstić information content (AvgIpc) is 2.92. The number of ether oxygens (including phenoxy) is 3. The Labute approximate surface area is 135 Å². The molecule has 0 aliphatic carbocycles. The topological polar surface area (TPSA) is 73.7 Å². The van der Waals surface area contributed by atoms with Crippen molar-refractivity contribution in [3.05, 3.63) is 42.2 Å². The van der Waals surface area contributed by atoms with Crippen LogP contribution < -0.4 is 4.74 Å². The lowest BCUT2D eigenvalue weighted by Gasteiger charge is -2.17. The maximum absolute atomic E-state index is 9.13. The second-order valence-electron chi connectivity index (χ2n) is 5.82. The SMILES string of the molecule is CC1(C)OCC(COc2ccc(-c3nccc(CO)n3)cc2)O1. The number of hydrogen-bond acceptors (Lipinski definition) is 6. The van der Waals surface area contributed by atoms with Crippen LogP contribution in [0.15, 0.2) is 36.5 Å². The Balaban J connectivity index is 1.61. The van der Waals surface area contributed by atoms with Crippen molar-refractivity contribution in [1.29, 1.82) is 0 Å². The van der Waals surface area contributed by atoms with Crippen LogP contribution in [0.25, 0.3) is 11.4 Å². The Morgan fingerprint density at radius 1 is 1.26 bits per heavy atom. The third-order valence-electron chi connectivity index (χ3n) is 3.49. The molecule has 2 aromatic rings. The van der Waals surface area contributed by atoms with E-state index in [1.807, 2.05) is 38.1 Å². The summed E-state index contributed by atoms with van der Waals surface area (Å²) in [4.78, 5) is 8.49. The van der Waals surface area contributed by atoms with Crippen molar-refractivity contribution in [2.24, 2.45) is 0 Å². The van der Waals surface area contributed by atoms with Gasteiger partial charge in [0.2, 0.25) is 0 Å². The van der Waals surface area contributed by atoms with Crippen LogP contribution in [0, 0.1) is 0 Å². The molecule has 1 fully saturated rings. The molecular weight excluding hydrogens is 296 g/mol. The largest absolute Gasteiger partial charge is 0.491 e. The molecule has 0 amide bonds. The van der Waals surface area contributed by atoms with Crippen LogP contribution in [0.4, 0.5) is 0 Å². The van der Waals surface area contributed by atoms with Gasteiger partial charge in [-0.3, -0.25) is 0 Å². The number of nitrogens with zero attached hydrogens (tertiary/aromatic N) is 2. The van der Waals surface area contributed by atoms with Crippen LogP contribution in [0.2, 0.25) is 0 Å². The number of aromatic nitrogens is 2. The smallest absolute Gasteiger partial charge is 0.163 e. The van der Waals surface area contributed by atoms with Crippen molar-refractivity contribution in [1.82, 2.24) is 9.97 Å². The highest BCUT2D eigenvalue weighted by molar-refractivity contribution is 5.56. The molecule has 2 heterocycles. The van der Waals surface area contributed by atoms with E-state index in [1.165, 1.54) is 0 Å². The fourth-order valence-corrected chi connectivity index (χ4v) is 2.36. The van der Waals surface area contributed by atoms with Gasteiger partial charge in [-0.1, -0.05) is 0 Å². The number of benzene rings is 1. The molecule has 0 radical (unpaired) electrons.